The Bertz CT molecular complexity index is 481. The van der Waals surface area contributed by atoms with Gasteiger partial charge in [0.2, 0.25) is 0 Å². The van der Waals surface area contributed by atoms with Crippen molar-refractivity contribution in [3.63, 3.8) is 0 Å². The van der Waals surface area contributed by atoms with Crippen LogP contribution in [0.25, 0.3) is 0 Å². The Labute approximate surface area is 103 Å². The van der Waals surface area contributed by atoms with E-state index in [0.29, 0.717) is 5.56 Å². The van der Waals surface area contributed by atoms with Crippen molar-refractivity contribution in [2.45, 2.75) is 6.54 Å². The number of nitrogens with zero attached hydrogens (tertiary/aromatic N) is 1. The molecule has 0 heterocycles. The number of hydroxylamine groups is 1. The molecule has 2 amide bonds. The number of urea groups is 1. The third kappa shape index (κ3) is 4.96. The minimum Gasteiger partial charge on any atom is -0.479 e. The van der Waals surface area contributed by atoms with Crippen LogP contribution in [0, 0.1) is 11.3 Å². The fraction of sp³-hybridized carbons (Fsp3) is 0.182. The van der Waals surface area contributed by atoms with Gasteiger partial charge in [-0.3, -0.25) is 4.84 Å². The third-order valence-electron chi connectivity index (χ3n) is 1.87. The van der Waals surface area contributed by atoms with Gasteiger partial charge in [0.25, 0.3) is 0 Å². The molecule has 7 heteroatoms. The van der Waals surface area contributed by atoms with E-state index in [4.69, 9.17) is 10.4 Å². The number of carboxylic acid groups (broad SMARTS) is 1. The Kier molecular flexibility index (Phi) is 5.15. The minimum absolute atomic E-state index is 0.206. The zero-order valence-corrected chi connectivity index (χ0v) is 9.34. The molecule has 1 aromatic carbocycles. The second kappa shape index (κ2) is 6.88. The summed E-state index contributed by atoms with van der Waals surface area (Å²) in [5, 5.41) is 19.4. The number of carboxylic acids is 1. The molecule has 1 aromatic rings. The van der Waals surface area contributed by atoms with Gasteiger partial charge in [-0.25, -0.2) is 15.1 Å². The van der Waals surface area contributed by atoms with E-state index < -0.39 is 18.6 Å². The van der Waals surface area contributed by atoms with Crippen molar-refractivity contribution in [2.24, 2.45) is 0 Å². The second-order valence-electron chi connectivity index (χ2n) is 3.28. The van der Waals surface area contributed by atoms with Gasteiger partial charge >= 0.3 is 12.0 Å². The van der Waals surface area contributed by atoms with Crippen molar-refractivity contribution >= 4 is 12.0 Å². The molecule has 0 aliphatic heterocycles. The van der Waals surface area contributed by atoms with Crippen LogP contribution in [0.2, 0.25) is 0 Å². The van der Waals surface area contributed by atoms with E-state index in [1.54, 1.807) is 24.3 Å². The Hall–Kier alpha value is -2.59. The van der Waals surface area contributed by atoms with E-state index in [9.17, 15) is 9.59 Å². The van der Waals surface area contributed by atoms with Crippen molar-refractivity contribution in [1.82, 2.24) is 10.8 Å². The van der Waals surface area contributed by atoms with Crippen LogP contribution in [0.4, 0.5) is 4.79 Å². The lowest BCUT2D eigenvalue weighted by Crippen LogP contribution is -2.36. The zero-order chi connectivity index (χ0) is 13.4. The summed E-state index contributed by atoms with van der Waals surface area (Å²) in [5.41, 5.74) is 3.17. The molecule has 0 atom stereocenters. The van der Waals surface area contributed by atoms with E-state index in [0.717, 1.165) is 5.56 Å². The summed E-state index contributed by atoms with van der Waals surface area (Å²) in [7, 11) is 0. The minimum atomic E-state index is -1.18. The zero-order valence-electron chi connectivity index (χ0n) is 9.34. The number of rotatable bonds is 5. The smallest absolute Gasteiger partial charge is 0.338 e. The number of nitriles is 1. The van der Waals surface area contributed by atoms with E-state index >= 15 is 0 Å². The van der Waals surface area contributed by atoms with Crippen LogP contribution in [0.1, 0.15) is 11.1 Å². The maximum absolute atomic E-state index is 11.1. The summed E-state index contributed by atoms with van der Waals surface area (Å²) < 4.78 is 0. The van der Waals surface area contributed by atoms with Gasteiger partial charge in [0, 0.05) is 6.54 Å². The number of hydrogen-bond donors (Lipinski definition) is 3. The van der Waals surface area contributed by atoms with E-state index in [1.165, 1.54) is 0 Å². The normalized spacial score (nSPS) is 9.28. The van der Waals surface area contributed by atoms with Crippen molar-refractivity contribution in [3.05, 3.63) is 35.4 Å². The summed E-state index contributed by atoms with van der Waals surface area (Å²) in [5.74, 6) is -1.18. The first-order valence-corrected chi connectivity index (χ1v) is 4.98. The first-order valence-electron chi connectivity index (χ1n) is 4.98. The molecular formula is C11H11N3O4. The highest BCUT2D eigenvalue weighted by Crippen LogP contribution is 2.03. The first kappa shape index (κ1) is 13.5. The molecule has 0 spiro atoms. The third-order valence-corrected chi connectivity index (χ3v) is 1.87. The summed E-state index contributed by atoms with van der Waals surface area (Å²) in [6, 6.07) is 8.07. The fourth-order valence-electron chi connectivity index (χ4n) is 1.13. The lowest BCUT2D eigenvalue weighted by molar-refractivity contribution is -0.144. The Morgan fingerprint density at radius 1 is 1.44 bits per heavy atom. The average Bonchev–Trinajstić information content (AvgIpc) is 2.36. The van der Waals surface area contributed by atoms with Crippen molar-refractivity contribution in [2.75, 3.05) is 6.61 Å². The molecule has 0 saturated carbocycles. The van der Waals surface area contributed by atoms with Crippen LogP contribution in [-0.4, -0.2) is 23.7 Å². The van der Waals surface area contributed by atoms with E-state index in [1.807, 2.05) is 11.5 Å². The fourth-order valence-corrected chi connectivity index (χ4v) is 1.13. The molecule has 94 valence electrons. The van der Waals surface area contributed by atoms with Gasteiger partial charge in [0.05, 0.1) is 11.6 Å². The van der Waals surface area contributed by atoms with Crippen LogP contribution in [0.15, 0.2) is 24.3 Å². The molecule has 0 bridgehead atoms. The van der Waals surface area contributed by atoms with Gasteiger partial charge in [0.1, 0.15) is 0 Å². The van der Waals surface area contributed by atoms with Gasteiger partial charge in [-0.15, -0.1) is 0 Å². The molecule has 0 radical (unpaired) electrons. The highest BCUT2D eigenvalue weighted by molar-refractivity contribution is 5.73. The molecule has 3 N–H and O–H groups in total. The maximum Gasteiger partial charge on any atom is 0.338 e. The van der Waals surface area contributed by atoms with Crippen LogP contribution in [0.5, 0.6) is 0 Å². The Balaban J connectivity index is 2.33. The number of carbonyl (C=O) groups excluding carboxylic acids is 1. The van der Waals surface area contributed by atoms with Gasteiger partial charge in [-0.05, 0) is 17.7 Å². The molecule has 0 saturated heterocycles. The Morgan fingerprint density at radius 2 is 2.22 bits per heavy atom. The Morgan fingerprint density at radius 3 is 2.89 bits per heavy atom. The SMILES string of the molecule is N#Cc1cccc(CNC(=O)NOCC(=O)O)c1. The maximum atomic E-state index is 11.1. The predicted octanol–water partition coefficient (Wildman–Crippen LogP) is 0.374. The van der Waals surface area contributed by atoms with E-state index in [2.05, 4.69) is 10.2 Å². The van der Waals surface area contributed by atoms with Crippen molar-refractivity contribution in [3.8, 4) is 6.07 Å². The summed E-state index contributed by atoms with van der Waals surface area (Å²) in [4.78, 5) is 25.6. The van der Waals surface area contributed by atoms with Gasteiger partial charge < -0.3 is 10.4 Å². The van der Waals surface area contributed by atoms with E-state index in [-0.39, 0.29) is 6.54 Å². The van der Waals surface area contributed by atoms with Crippen LogP contribution >= 0.6 is 0 Å². The van der Waals surface area contributed by atoms with Crippen LogP contribution < -0.4 is 10.8 Å². The molecule has 0 aliphatic carbocycles. The topological polar surface area (TPSA) is 111 Å². The molecule has 7 nitrogen and oxygen atoms in total. The number of amides is 2. The highest BCUT2D eigenvalue weighted by Gasteiger charge is 2.02. The lowest BCUT2D eigenvalue weighted by Gasteiger charge is -2.06. The number of benzene rings is 1. The first-order chi connectivity index (χ1) is 8.61. The van der Waals surface area contributed by atoms with Crippen LogP contribution in [0.3, 0.4) is 0 Å². The van der Waals surface area contributed by atoms with Crippen molar-refractivity contribution < 1.29 is 19.5 Å². The van der Waals surface area contributed by atoms with Gasteiger partial charge in [-0.1, -0.05) is 12.1 Å². The average molecular weight is 249 g/mol. The standard InChI is InChI=1S/C11H11N3O4/c12-5-8-2-1-3-9(4-8)6-13-11(17)14-18-7-10(15)16/h1-4H,6-7H2,(H,15,16)(H2,13,14,17). The molecule has 0 aliphatic rings. The molecular weight excluding hydrogens is 238 g/mol. The van der Waals surface area contributed by atoms with Gasteiger partial charge in [-0.2, -0.15) is 5.26 Å². The quantitative estimate of drug-likeness (QED) is 0.653. The molecule has 18 heavy (non-hydrogen) atoms. The molecule has 0 fully saturated rings. The molecule has 0 aromatic heterocycles. The second-order valence-corrected chi connectivity index (χ2v) is 3.28. The summed E-state index contributed by atoms with van der Waals surface area (Å²) >= 11 is 0. The van der Waals surface area contributed by atoms with Gasteiger partial charge in [0.15, 0.2) is 6.61 Å². The number of hydrogen-bond acceptors (Lipinski definition) is 4. The number of aliphatic carboxylic acids is 1. The van der Waals surface area contributed by atoms with Crippen LogP contribution in [-0.2, 0) is 16.2 Å². The monoisotopic (exact) mass is 249 g/mol. The van der Waals surface area contributed by atoms with Crippen molar-refractivity contribution in [1.29, 1.82) is 5.26 Å². The lowest BCUT2D eigenvalue weighted by atomic mass is 10.1. The highest BCUT2D eigenvalue weighted by atomic mass is 16.7. The largest absolute Gasteiger partial charge is 0.479 e. The number of nitrogens with one attached hydrogen (secondary N) is 2. The molecule has 1 rings (SSSR count). The predicted molar refractivity (Wildman–Crippen MR) is 60.1 cm³/mol. The summed E-state index contributed by atoms with van der Waals surface area (Å²) in [6.45, 7) is -0.408. The number of carbonyl (C=O) groups is 2. The molecule has 0 unspecified atom stereocenters. The summed E-state index contributed by atoms with van der Waals surface area (Å²) in [6.07, 6.45) is 0.